The SMILES string of the molecule is CCC1(CC)CC(=O)N(CC2C(C(=O)N[C@@H]3c4ccccc4OC(C)(C)[C@H]3O)C2(F)F)C(N)=N1.O=C(O)C(F)(F)F. The number of carbonyl (C=O) groups is 3. The Balaban J connectivity index is 0.000000587. The normalized spacial score (nSPS) is 27.3. The topological polar surface area (TPSA) is 155 Å². The average molecular weight is 593 g/mol. The number of carboxylic acid groups (broad SMARTS) is 1. The van der Waals surface area contributed by atoms with Crippen LogP contribution in [0.25, 0.3) is 0 Å². The van der Waals surface area contributed by atoms with Gasteiger partial charge in [0.25, 0.3) is 5.92 Å². The smallest absolute Gasteiger partial charge is 0.485 e. The molecule has 0 radical (unpaired) electrons. The maximum atomic E-state index is 14.7. The molecular weight excluding hydrogens is 559 g/mol. The highest BCUT2D eigenvalue weighted by molar-refractivity contribution is 5.99. The summed E-state index contributed by atoms with van der Waals surface area (Å²) in [5, 5.41) is 20.5. The zero-order valence-electron chi connectivity index (χ0n) is 22.8. The summed E-state index contributed by atoms with van der Waals surface area (Å²) in [4.78, 5) is 40.1. The number of nitrogens with zero attached hydrogens (tertiary/aromatic N) is 2. The number of aliphatic imine (C=N–C) groups is 1. The Morgan fingerprint density at radius 3 is 2.27 bits per heavy atom. The Morgan fingerprint density at radius 1 is 1.20 bits per heavy atom. The molecule has 2 unspecified atom stereocenters. The van der Waals surface area contributed by atoms with Crippen LogP contribution >= 0.6 is 0 Å². The van der Waals surface area contributed by atoms with E-state index >= 15 is 0 Å². The fraction of sp³-hybridized carbons (Fsp3) is 0.615. The number of nitrogens with one attached hydrogen (secondary N) is 1. The van der Waals surface area contributed by atoms with Crippen molar-refractivity contribution in [1.29, 1.82) is 0 Å². The Labute approximate surface area is 232 Å². The molecule has 228 valence electrons. The Hall–Kier alpha value is -3.49. The first-order valence-corrected chi connectivity index (χ1v) is 12.9. The molecule has 5 N–H and O–H groups in total. The van der Waals surface area contributed by atoms with Crippen LogP contribution in [0.3, 0.4) is 0 Å². The maximum Gasteiger partial charge on any atom is 0.490 e. The van der Waals surface area contributed by atoms with Crippen LogP contribution in [0.5, 0.6) is 5.75 Å². The van der Waals surface area contributed by atoms with Gasteiger partial charge in [0.2, 0.25) is 11.8 Å². The number of guanidine groups is 1. The summed E-state index contributed by atoms with van der Waals surface area (Å²) < 4.78 is 67.0. The molecule has 41 heavy (non-hydrogen) atoms. The van der Waals surface area contributed by atoms with Crippen molar-refractivity contribution in [3.63, 3.8) is 0 Å². The Kier molecular flexibility index (Phi) is 8.64. The van der Waals surface area contributed by atoms with Crippen LogP contribution in [0.2, 0.25) is 0 Å². The van der Waals surface area contributed by atoms with Crippen LogP contribution in [-0.2, 0) is 14.4 Å². The van der Waals surface area contributed by atoms with Gasteiger partial charge in [-0.2, -0.15) is 13.2 Å². The molecule has 4 rings (SSSR count). The zero-order chi connectivity index (χ0) is 31.1. The predicted octanol–water partition coefficient (Wildman–Crippen LogP) is 3.00. The quantitative estimate of drug-likeness (QED) is 0.370. The number of nitrogens with two attached hydrogens (primary N) is 1. The van der Waals surface area contributed by atoms with Gasteiger partial charge in [0.05, 0.1) is 23.9 Å². The van der Waals surface area contributed by atoms with Crippen LogP contribution in [0.15, 0.2) is 29.3 Å². The Bertz CT molecular complexity index is 1220. The van der Waals surface area contributed by atoms with E-state index in [-0.39, 0.29) is 24.8 Å². The number of alkyl halides is 5. The minimum atomic E-state index is -5.08. The van der Waals surface area contributed by atoms with Gasteiger partial charge in [0.15, 0.2) is 5.96 Å². The number of rotatable bonds is 6. The van der Waals surface area contributed by atoms with E-state index in [1.54, 1.807) is 38.1 Å². The van der Waals surface area contributed by atoms with E-state index in [1.807, 2.05) is 13.8 Å². The molecule has 1 aliphatic carbocycles. The second-order valence-electron chi connectivity index (χ2n) is 10.8. The fourth-order valence-electron chi connectivity index (χ4n) is 5.02. The van der Waals surface area contributed by atoms with Gasteiger partial charge in [-0.05, 0) is 32.8 Å². The standard InChI is InChI=1S/C24H32F2N4O4.C2HF3O2/c1-5-23(6-2)11-16(31)30(21(27)29-23)12-14-17(24(14,25)26)20(33)28-18-13-9-7-8-10-15(13)34-22(3,4)19(18)32;3-2(4,5)1(6)7/h7-10,14,17-19,32H,5-6,11-12H2,1-4H3,(H2,27,29)(H,28,33);(H,6,7)/t14?,17?,18-,19+;/m1./s1. The van der Waals surface area contributed by atoms with Crippen molar-refractivity contribution in [2.75, 3.05) is 6.54 Å². The third-order valence-corrected chi connectivity index (χ3v) is 7.79. The monoisotopic (exact) mass is 592 g/mol. The van der Waals surface area contributed by atoms with Crippen LogP contribution in [0.1, 0.15) is 58.6 Å². The van der Waals surface area contributed by atoms with Crippen LogP contribution in [0.4, 0.5) is 22.0 Å². The molecule has 2 aliphatic heterocycles. The van der Waals surface area contributed by atoms with Crippen LogP contribution < -0.4 is 15.8 Å². The number of fused-ring (bicyclic) bond motifs is 1. The van der Waals surface area contributed by atoms with Crippen molar-refractivity contribution in [2.45, 2.75) is 82.3 Å². The summed E-state index contributed by atoms with van der Waals surface area (Å²) in [5.41, 5.74) is 4.87. The van der Waals surface area contributed by atoms with Crippen LogP contribution in [0, 0.1) is 11.8 Å². The number of aliphatic carboxylic acids is 1. The van der Waals surface area contributed by atoms with E-state index in [1.165, 1.54) is 0 Å². The molecule has 15 heteroatoms. The number of hydrogen-bond acceptors (Lipinski definition) is 7. The summed E-state index contributed by atoms with van der Waals surface area (Å²) in [5.74, 6) is -9.95. The number of amides is 2. The van der Waals surface area contributed by atoms with Crippen molar-refractivity contribution >= 4 is 23.7 Å². The molecule has 0 aromatic heterocycles. The average Bonchev–Trinajstić information content (AvgIpc) is 3.43. The fourth-order valence-corrected chi connectivity index (χ4v) is 5.02. The summed E-state index contributed by atoms with van der Waals surface area (Å²) in [6, 6.07) is 5.94. The van der Waals surface area contributed by atoms with Crippen LogP contribution in [-0.4, -0.2) is 74.7 Å². The molecule has 2 heterocycles. The number of hydrogen-bond donors (Lipinski definition) is 4. The third-order valence-electron chi connectivity index (χ3n) is 7.79. The second-order valence-corrected chi connectivity index (χ2v) is 10.8. The minimum Gasteiger partial charge on any atom is -0.485 e. The second kappa shape index (κ2) is 11.1. The molecule has 1 aromatic rings. The lowest BCUT2D eigenvalue weighted by Crippen LogP contribution is -2.54. The summed E-state index contributed by atoms with van der Waals surface area (Å²) in [6.07, 6.45) is -4.92. The number of para-hydroxylation sites is 1. The Morgan fingerprint density at radius 2 is 1.76 bits per heavy atom. The highest BCUT2D eigenvalue weighted by Gasteiger charge is 2.72. The van der Waals surface area contributed by atoms with Gasteiger partial charge in [0, 0.05) is 12.1 Å². The largest absolute Gasteiger partial charge is 0.490 e. The number of halogens is 5. The molecule has 1 aromatic carbocycles. The first-order chi connectivity index (χ1) is 18.8. The molecule has 10 nitrogen and oxygen atoms in total. The summed E-state index contributed by atoms with van der Waals surface area (Å²) in [7, 11) is 0. The van der Waals surface area contributed by atoms with Crippen molar-refractivity contribution in [3.05, 3.63) is 29.8 Å². The first-order valence-electron chi connectivity index (χ1n) is 12.9. The number of aliphatic hydroxyl groups excluding tert-OH is 1. The molecule has 0 bridgehead atoms. The molecule has 0 spiro atoms. The van der Waals surface area contributed by atoms with Gasteiger partial charge in [-0.25, -0.2) is 18.6 Å². The lowest BCUT2D eigenvalue weighted by molar-refractivity contribution is -0.192. The molecule has 2 amide bonds. The number of carbonyl (C=O) groups excluding carboxylic acids is 2. The highest BCUT2D eigenvalue weighted by atomic mass is 19.4. The summed E-state index contributed by atoms with van der Waals surface area (Å²) >= 11 is 0. The number of benzene rings is 1. The highest BCUT2D eigenvalue weighted by Crippen LogP contribution is 2.56. The molecule has 0 saturated heterocycles. The molecular formula is C26H33F5N4O6. The molecule has 3 aliphatic rings. The molecule has 4 atom stereocenters. The van der Waals surface area contributed by atoms with Gasteiger partial charge in [-0.3, -0.25) is 14.5 Å². The van der Waals surface area contributed by atoms with E-state index < -0.39 is 59.1 Å². The van der Waals surface area contributed by atoms with Gasteiger partial charge in [-0.15, -0.1) is 0 Å². The number of aliphatic hydroxyl groups is 1. The predicted molar refractivity (Wildman–Crippen MR) is 135 cm³/mol. The van der Waals surface area contributed by atoms with Gasteiger partial charge in [-0.1, -0.05) is 32.0 Å². The zero-order valence-corrected chi connectivity index (χ0v) is 22.8. The summed E-state index contributed by atoms with van der Waals surface area (Å²) in [6.45, 7) is 6.75. The van der Waals surface area contributed by atoms with Gasteiger partial charge < -0.3 is 26.0 Å². The van der Waals surface area contributed by atoms with Crippen molar-refractivity contribution in [1.82, 2.24) is 10.2 Å². The lowest BCUT2D eigenvalue weighted by atomic mass is 9.86. The van der Waals surface area contributed by atoms with E-state index in [9.17, 15) is 36.6 Å². The van der Waals surface area contributed by atoms with Crippen molar-refractivity contribution in [3.8, 4) is 5.75 Å². The maximum absolute atomic E-state index is 14.7. The van der Waals surface area contributed by atoms with E-state index in [2.05, 4.69) is 10.3 Å². The minimum absolute atomic E-state index is 0.0858. The molecule has 1 saturated carbocycles. The van der Waals surface area contributed by atoms with Gasteiger partial charge in [0.1, 0.15) is 23.4 Å². The first kappa shape index (κ1) is 32.0. The lowest BCUT2D eigenvalue weighted by Gasteiger charge is -2.42. The number of ether oxygens (including phenoxy) is 1. The van der Waals surface area contributed by atoms with Crippen molar-refractivity contribution in [2.24, 2.45) is 22.6 Å². The van der Waals surface area contributed by atoms with E-state index in [0.29, 0.717) is 24.2 Å². The molecule has 1 fully saturated rings. The van der Waals surface area contributed by atoms with E-state index in [0.717, 1.165) is 4.90 Å². The van der Waals surface area contributed by atoms with Crippen molar-refractivity contribution < 1.29 is 51.3 Å². The third kappa shape index (κ3) is 6.39. The van der Waals surface area contributed by atoms with Gasteiger partial charge >= 0.3 is 12.1 Å². The van der Waals surface area contributed by atoms with E-state index in [4.69, 9.17) is 20.4 Å². The number of carboxylic acids is 1.